The fraction of sp³-hybridized carbons (Fsp3) is 0.909. The molecular weight excluding hydrogens is 222 g/mol. The van der Waals surface area contributed by atoms with Crippen molar-refractivity contribution in [1.82, 2.24) is 10.2 Å². The Hall–Kier alpha value is -0.260. The maximum atomic E-state index is 5.03. The van der Waals surface area contributed by atoms with Gasteiger partial charge in [0.1, 0.15) is 0 Å². The third-order valence-corrected chi connectivity index (χ3v) is 3.53. The van der Waals surface area contributed by atoms with Crippen molar-refractivity contribution < 1.29 is 4.74 Å². The highest BCUT2D eigenvalue weighted by molar-refractivity contribution is 8.13. The van der Waals surface area contributed by atoms with E-state index in [1.165, 1.54) is 12.2 Å². The van der Waals surface area contributed by atoms with Crippen LogP contribution in [0, 0.1) is 0 Å². The van der Waals surface area contributed by atoms with Crippen molar-refractivity contribution in [1.29, 1.82) is 0 Å². The van der Waals surface area contributed by atoms with Crippen molar-refractivity contribution in [2.24, 2.45) is 4.99 Å². The van der Waals surface area contributed by atoms with E-state index in [2.05, 4.69) is 29.2 Å². The number of methoxy groups -OCH3 is 1. The fourth-order valence-corrected chi connectivity index (χ4v) is 2.56. The van der Waals surface area contributed by atoms with E-state index in [-0.39, 0.29) is 0 Å². The highest BCUT2D eigenvalue weighted by atomic mass is 32.2. The molecule has 1 fully saturated rings. The van der Waals surface area contributed by atoms with Crippen LogP contribution in [-0.4, -0.2) is 62.3 Å². The summed E-state index contributed by atoms with van der Waals surface area (Å²) in [5.74, 6) is 1.19. The van der Waals surface area contributed by atoms with Crippen molar-refractivity contribution in [3.63, 3.8) is 0 Å². The number of thioether (sulfide) groups is 1. The van der Waals surface area contributed by atoms with E-state index in [9.17, 15) is 0 Å². The second-order valence-electron chi connectivity index (χ2n) is 4.17. The van der Waals surface area contributed by atoms with Gasteiger partial charge in [0.2, 0.25) is 0 Å². The van der Waals surface area contributed by atoms with Gasteiger partial charge in [-0.1, -0.05) is 11.8 Å². The minimum Gasteiger partial charge on any atom is -0.383 e. The monoisotopic (exact) mass is 245 g/mol. The van der Waals surface area contributed by atoms with Gasteiger partial charge >= 0.3 is 0 Å². The molecule has 4 nitrogen and oxygen atoms in total. The summed E-state index contributed by atoms with van der Waals surface area (Å²) in [5, 5.41) is 4.51. The van der Waals surface area contributed by atoms with Crippen LogP contribution in [-0.2, 0) is 4.74 Å². The molecule has 1 saturated heterocycles. The van der Waals surface area contributed by atoms with Crippen LogP contribution in [0.5, 0.6) is 0 Å². The molecule has 0 aromatic rings. The number of rotatable bonds is 6. The highest BCUT2D eigenvalue weighted by Crippen LogP contribution is 2.13. The minimum atomic E-state index is 0.575. The maximum Gasteiger partial charge on any atom is 0.156 e. The molecule has 0 aromatic carbocycles. The molecule has 0 spiro atoms. The molecule has 1 aliphatic rings. The van der Waals surface area contributed by atoms with Crippen LogP contribution in [0.4, 0.5) is 0 Å². The number of nitrogens with zero attached hydrogens (tertiary/aromatic N) is 2. The van der Waals surface area contributed by atoms with Gasteiger partial charge < -0.3 is 15.0 Å². The van der Waals surface area contributed by atoms with Gasteiger partial charge in [-0.15, -0.1) is 0 Å². The first-order chi connectivity index (χ1) is 7.72. The zero-order valence-electron chi connectivity index (χ0n) is 10.5. The van der Waals surface area contributed by atoms with Crippen LogP contribution in [0.25, 0.3) is 0 Å². The summed E-state index contributed by atoms with van der Waals surface area (Å²) < 4.78 is 5.03. The Morgan fingerprint density at radius 3 is 3.06 bits per heavy atom. The molecule has 1 heterocycles. The normalized spacial score (nSPS) is 23.8. The van der Waals surface area contributed by atoms with Gasteiger partial charge in [0.05, 0.1) is 13.2 Å². The van der Waals surface area contributed by atoms with Crippen LogP contribution in [0.2, 0.25) is 0 Å². The quantitative estimate of drug-likeness (QED) is 0.758. The van der Waals surface area contributed by atoms with E-state index in [4.69, 9.17) is 4.74 Å². The molecule has 0 amide bonds. The van der Waals surface area contributed by atoms with Crippen molar-refractivity contribution in [2.45, 2.75) is 19.4 Å². The van der Waals surface area contributed by atoms with Crippen LogP contribution in [0.3, 0.4) is 0 Å². The molecule has 1 aliphatic heterocycles. The molecule has 1 unspecified atom stereocenters. The Kier molecular flexibility index (Phi) is 6.84. The maximum absolute atomic E-state index is 5.03. The van der Waals surface area contributed by atoms with Gasteiger partial charge in [0, 0.05) is 32.0 Å². The highest BCUT2D eigenvalue weighted by Gasteiger charge is 2.12. The summed E-state index contributed by atoms with van der Waals surface area (Å²) in [4.78, 5) is 6.81. The van der Waals surface area contributed by atoms with Crippen LogP contribution >= 0.6 is 11.8 Å². The zero-order chi connectivity index (χ0) is 11.8. The number of hydrogen-bond donors (Lipinski definition) is 1. The molecular formula is C11H23N3OS. The Labute approximate surface area is 103 Å². The summed E-state index contributed by atoms with van der Waals surface area (Å²) in [7, 11) is 3.83. The average molecular weight is 245 g/mol. The van der Waals surface area contributed by atoms with Gasteiger partial charge in [-0.25, -0.2) is 0 Å². The van der Waals surface area contributed by atoms with Crippen molar-refractivity contribution >= 4 is 16.9 Å². The van der Waals surface area contributed by atoms with Crippen molar-refractivity contribution in [3.8, 4) is 0 Å². The Balaban J connectivity index is 2.15. The van der Waals surface area contributed by atoms with Crippen molar-refractivity contribution in [3.05, 3.63) is 0 Å². The van der Waals surface area contributed by atoms with Gasteiger partial charge in [-0.3, -0.25) is 4.99 Å². The van der Waals surface area contributed by atoms with E-state index in [1.807, 2.05) is 11.8 Å². The molecule has 0 aromatic heterocycles. The molecule has 1 N–H and O–H groups in total. The van der Waals surface area contributed by atoms with Gasteiger partial charge in [0.15, 0.2) is 5.17 Å². The number of aliphatic imine (C=N–C) groups is 1. The lowest BCUT2D eigenvalue weighted by Gasteiger charge is -2.22. The predicted octanol–water partition coefficient (Wildman–Crippen LogP) is 1.04. The third-order valence-electron chi connectivity index (χ3n) is 2.57. The topological polar surface area (TPSA) is 36.9 Å². The molecule has 0 aliphatic carbocycles. The number of hydrogen-bond acceptors (Lipinski definition) is 4. The number of likely N-dealkylation sites (N-methyl/N-ethyl adjacent to an activating group) is 1. The first-order valence-electron chi connectivity index (χ1n) is 5.83. The lowest BCUT2D eigenvalue weighted by atomic mass is 10.3. The molecule has 1 atom stereocenters. The average Bonchev–Trinajstić information content (AvgIpc) is 2.26. The first kappa shape index (κ1) is 13.8. The van der Waals surface area contributed by atoms with Crippen LogP contribution < -0.4 is 5.32 Å². The molecule has 0 bridgehead atoms. The van der Waals surface area contributed by atoms with Crippen molar-refractivity contribution in [2.75, 3.05) is 46.2 Å². The first-order valence-corrected chi connectivity index (χ1v) is 6.82. The van der Waals surface area contributed by atoms with Gasteiger partial charge in [-0.05, 0) is 20.4 Å². The fourth-order valence-electron chi connectivity index (χ4n) is 1.43. The van der Waals surface area contributed by atoms with Crippen LogP contribution in [0.1, 0.15) is 13.3 Å². The second-order valence-corrected chi connectivity index (χ2v) is 5.25. The second kappa shape index (κ2) is 7.92. The van der Waals surface area contributed by atoms with E-state index in [0.717, 1.165) is 31.4 Å². The zero-order valence-corrected chi connectivity index (χ0v) is 11.3. The Morgan fingerprint density at radius 1 is 1.56 bits per heavy atom. The minimum absolute atomic E-state index is 0.575. The predicted molar refractivity (Wildman–Crippen MR) is 71.3 cm³/mol. The molecule has 16 heavy (non-hydrogen) atoms. The Bertz CT molecular complexity index is 223. The molecule has 1 rings (SSSR count). The standard InChI is InChI=1S/C11H23N3OS/c1-10-4-9-16-11(13-10)12-5-6-14(2)7-8-15-3/h10H,4-9H2,1-3H3,(H,12,13). The lowest BCUT2D eigenvalue weighted by molar-refractivity contribution is 0.163. The third kappa shape index (κ3) is 5.72. The lowest BCUT2D eigenvalue weighted by Crippen LogP contribution is -2.36. The molecule has 0 radical (unpaired) electrons. The van der Waals surface area contributed by atoms with E-state index < -0.39 is 0 Å². The smallest absolute Gasteiger partial charge is 0.156 e. The largest absolute Gasteiger partial charge is 0.383 e. The van der Waals surface area contributed by atoms with Crippen LogP contribution in [0.15, 0.2) is 4.99 Å². The number of nitrogens with one attached hydrogen (secondary N) is 1. The van der Waals surface area contributed by atoms with Gasteiger partial charge in [-0.2, -0.15) is 0 Å². The molecule has 5 heteroatoms. The summed E-state index contributed by atoms with van der Waals surface area (Å²) in [6.07, 6.45) is 1.23. The summed E-state index contributed by atoms with van der Waals surface area (Å²) in [6.45, 7) is 5.82. The van der Waals surface area contributed by atoms with Gasteiger partial charge in [0.25, 0.3) is 0 Å². The summed E-state index contributed by atoms with van der Waals surface area (Å²) in [5.41, 5.74) is 0. The van der Waals surface area contributed by atoms with E-state index in [1.54, 1.807) is 7.11 Å². The Morgan fingerprint density at radius 2 is 2.38 bits per heavy atom. The summed E-state index contributed by atoms with van der Waals surface area (Å²) in [6, 6.07) is 0.575. The number of amidine groups is 1. The van der Waals surface area contributed by atoms with E-state index in [0.29, 0.717) is 6.04 Å². The van der Waals surface area contributed by atoms with E-state index >= 15 is 0 Å². The molecule has 94 valence electrons. The summed E-state index contributed by atoms with van der Waals surface area (Å²) >= 11 is 1.83. The SMILES string of the molecule is COCCN(C)CCN=C1NC(C)CCS1. The number of ether oxygens (including phenoxy) is 1. The molecule has 0 saturated carbocycles.